The van der Waals surface area contributed by atoms with Crippen LogP contribution >= 0.6 is 0 Å². The van der Waals surface area contributed by atoms with Crippen molar-refractivity contribution in [2.45, 2.75) is 46.2 Å². The first-order valence-electron chi connectivity index (χ1n) is 8.23. The highest BCUT2D eigenvalue weighted by Gasteiger charge is 2.22. The predicted molar refractivity (Wildman–Crippen MR) is 88.6 cm³/mol. The first kappa shape index (κ1) is 14.3. The third-order valence-corrected chi connectivity index (χ3v) is 4.83. The summed E-state index contributed by atoms with van der Waals surface area (Å²) in [6.45, 7) is 5.47. The highest BCUT2D eigenvalue weighted by Crippen LogP contribution is 2.31. The van der Waals surface area contributed by atoms with Crippen LogP contribution in [0.2, 0.25) is 0 Å². The van der Waals surface area contributed by atoms with Crippen LogP contribution in [-0.2, 0) is 19.5 Å². The van der Waals surface area contributed by atoms with E-state index < -0.39 is 0 Å². The Bertz CT molecular complexity index is 893. The molecule has 0 radical (unpaired) electrons. The molecular formula is C18H21N3O2. The summed E-state index contributed by atoms with van der Waals surface area (Å²) in [7, 11) is 0. The molecule has 3 aromatic rings. The summed E-state index contributed by atoms with van der Waals surface area (Å²) in [6, 6.07) is 4.07. The summed E-state index contributed by atoms with van der Waals surface area (Å²) in [6.07, 6.45) is 7.27. The van der Waals surface area contributed by atoms with Crippen LogP contribution in [0.5, 0.6) is 0 Å². The molecular weight excluding hydrogens is 290 g/mol. The molecule has 0 saturated heterocycles. The number of rotatable bonds is 5. The van der Waals surface area contributed by atoms with Crippen molar-refractivity contribution >= 4 is 10.9 Å². The van der Waals surface area contributed by atoms with Crippen LogP contribution in [0.15, 0.2) is 33.8 Å². The fourth-order valence-electron chi connectivity index (χ4n) is 3.24. The van der Waals surface area contributed by atoms with Crippen LogP contribution in [0.3, 0.4) is 0 Å². The van der Waals surface area contributed by atoms with Crippen molar-refractivity contribution in [1.29, 1.82) is 0 Å². The first-order valence-corrected chi connectivity index (χ1v) is 8.23. The molecule has 1 aliphatic rings. The highest BCUT2D eigenvalue weighted by molar-refractivity contribution is 5.78. The molecule has 4 rings (SSSR count). The topological polar surface area (TPSA) is 53.0 Å². The molecule has 0 aliphatic heterocycles. The Morgan fingerprint density at radius 3 is 2.61 bits per heavy atom. The Balaban J connectivity index is 1.64. The summed E-state index contributed by atoms with van der Waals surface area (Å²) in [5.41, 5.74) is 2.94. The number of nitrogens with zero attached hydrogens (tertiary/aromatic N) is 3. The lowest BCUT2D eigenvalue weighted by Crippen LogP contribution is -2.22. The van der Waals surface area contributed by atoms with E-state index in [-0.39, 0.29) is 5.56 Å². The molecule has 0 amide bonds. The van der Waals surface area contributed by atoms with Gasteiger partial charge in [-0.05, 0) is 51.2 Å². The van der Waals surface area contributed by atoms with E-state index in [1.807, 2.05) is 38.4 Å². The summed E-state index contributed by atoms with van der Waals surface area (Å²) in [4.78, 5) is 12.8. The van der Waals surface area contributed by atoms with E-state index in [2.05, 4.69) is 9.72 Å². The monoisotopic (exact) mass is 311 g/mol. The smallest absolute Gasteiger partial charge is 0.275 e. The van der Waals surface area contributed by atoms with Gasteiger partial charge in [0.2, 0.25) is 0 Å². The molecule has 5 nitrogen and oxygen atoms in total. The maximum Gasteiger partial charge on any atom is 0.275 e. The Morgan fingerprint density at radius 2 is 1.96 bits per heavy atom. The van der Waals surface area contributed by atoms with Crippen LogP contribution in [0.1, 0.15) is 29.9 Å². The van der Waals surface area contributed by atoms with Crippen molar-refractivity contribution in [3.63, 3.8) is 0 Å². The van der Waals surface area contributed by atoms with E-state index >= 15 is 0 Å². The Labute approximate surface area is 134 Å². The molecule has 5 heteroatoms. The largest absolute Gasteiger partial charge is 0.361 e. The number of hydrogen-bond donors (Lipinski definition) is 0. The fourth-order valence-corrected chi connectivity index (χ4v) is 3.24. The molecule has 0 spiro atoms. The minimum atomic E-state index is 0.0971. The lowest BCUT2D eigenvalue weighted by molar-refractivity contribution is 0.392. The maximum atomic E-state index is 12.8. The molecule has 0 N–H and O–H groups in total. The fraction of sp³-hybridized carbons (Fsp3) is 0.444. The van der Waals surface area contributed by atoms with Crippen molar-refractivity contribution in [2.75, 3.05) is 0 Å². The standard InChI is InChI=1S/C18H21N3O2/c1-12-16(13(2)23-19-12)7-10-20-8-5-15-6-9-21(11-14-3-4-14)17(15)18(20)22/h5-6,8-9,14H,3-4,7,10-11H2,1-2H3. The first-order chi connectivity index (χ1) is 11.1. The zero-order valence-electron chi connectivity index (χ0n) is 13.6. The minimum Gasteiger partial charge on any atom is -0.361 e. The van der Waals surface area contributed by atoms with Gasteiger partial charge in [-0.2, -0.15) is 0 Å². The molecule has 23 heavy (non-hydrogen) atoms. The van der Waals surface area contributed by atoms with Crippen LogP contribution in [-0.4, -0.2) is 14.3 Å². The second-order valence-electron chi connectivity index (χ2n) is 6.58. The van der Waals surface area contributed by atoms with Gasteiger partial charge in [-0.15, -0.1) is 0 Å². The summed E-state index contributed by atoms with van der Waals surface area (Å²) < 4.78 is 9.13. The Hall–Kier alpha value is -2.30. The molecule has 0 atom stereocenters. The third-order valence-electron chi connectivity index (χ3n) is 4.83. The van der Waals surface area contributed by atoms with Gasteiger partial charge in [0.15, 0.2) is 0 Å². The molecule has 0 bridgehead atoms. The van der Waals surface area contributed by atoms with E-state index in [0.717, 1.165) is 46.8 Å². The SMILES string of the molecule is Cc1noc(C)c1CCn1ccc2ccn(CC3CC3)c2c1=O. The molecule has 120 valence electrons. The molecule has 1 saturated carbocycles. The van der Waals surface area contributed by atoms with E-state index in [0.29, 0.717) is 6.54 Å². The summed E-state index contributed by atoms with van der Waals surface area (Å²) in [5.74, 6) is 1.59. The molecule has 1 fully saturated rings. The number of aryl methyl sites for hydroxylation is 3. The maximum absolute atomic E-state index is 12.8. The zero-order valence-corrected chi connectivity index (χ0v) is 13.6. The average molecular weight is 311 g/mol. The van der Waals surface area contributed by atoms with E-state index in [4.69, 9.17) is 4.52 Å². The molecule has 0 unspecified atom stereocenters. The van der Waals surface area contributed by atoms with Gasteiger partial charge in [0.05, 0.1) is 5.69 Å². The van der Waals surface area contributed by atoms with Crippen molar-refractivity contribution in [2.24, 2.45) is 5.92 Å². The molecule has 0 aromatic carbocycles. The van der Waals surface area contributed by atoms with Crippen molar-refractivity contribution < 1.29 is 4.52 Å². The molecule has 3 heterocycles. The van der Waals surface area contributed by atoms with Gasteiger partial charge in [-0.3, -0.25) is 4.79 Å². The van der Waals surface area contributed by atoms with E-state index in [9.17, 15) is 4.79 Å². The minimum absolute atomic E-state index is 0.0971. The zero-order chi connectivity index (χ0) is 16.0. The second-order valence-corrected chi connectivity index (χ2v) is 6.58. The van der Waals surface area contributed by atoms with Crippen molar-refractivity contribution in [3.05, 3.63) is 51.9 Å². The van der Waals surface area contributed by atoms with E-state index in [1.165, 1.54) is 12.8 Å². The van der Waals surface area contributed by atoms with Gasteiger partial charge in [0, 0.05) is 36.4 Å². The quantitative estimate of drug-likeness (QED) is 0.727. The van der Waals surface area contributed by atoms with Gasteiger partial charge < -0.3 is 13.7 Å². The lowest BCUT2D eigenvalue weighted by Gasteiger charge is -2.08. The molecule has 3 aromatic heterocycles. The molecule has 1 aliphatic carbocycles. The summed E-state index contributed by atoms with van der Waals surface area (Å²) >= 11 is 0. The Morgan fingerprint density at radius 1 is 1.22 bits per heavy atom. The highest BCUT2D eigenvalue weighted by atomic mass is 16.5. The van der Waals surface area contributed by atoms with Gasteiger partial charge in [0.25, 0.3) is 5.56 Å². The van der Waals surface area contributed by atoms with Crippen LogP contribution in [0.25, 0.3) is 10.9 Å². The normalized spacial score (nSPS) is 14.7. The third kappa shape index (κ3) is 2.60. The van der Waals surface area contributed by atoms with E-state index in [1.54, 1.807) is 4.57 Å². The van der Waals surface area contributed by atoms with Gasteiger partial charge in [-0.25, -0.2) is 0 Å². The predicted octanol–water partition coefficient (Wildman–Crippen LogP) is 3.06. The average Bonchev–Trinajstić information content (AvgIpc) is 3.17. The lowest BCUT2D eigenvalue weighted by atomic mass is 10.1. The van der Waals surface area contributed by atoms with Crippen molar-refractivity contribution in [1.82, 2.24) is 14.3 Å². The van der Waals surface area contributed by atoms with Gasteiger partial charge in [0.1, 0.15) is 11.3 Å². The van der Waals surface area contributed by atoms with Crippen LogP contribution in [0, 0.1) is 19.8 Å². The van der Waals surface area contributed by atoms with Crippen LogP contribution in [0.4, 0.5) is 0 Å². The number of pyridine rings is 1. The number of fused-ring (bicyclic) bond motifs is 1. The van der Waals surface area contributed by atoms with Gasteiger partial charge >= 0.3 is 0 Å². The second kappa shape index (κ2) is 5.41. The Kier molecular flexibility index (Phi) is 3.36. The van der Waals surface area contributed by atoms with Crippen LogP contribution < -0.4 is 5.56 Å². The number of hydrogen-bond acceptors (Lipinski definition) is 3. The number of aromatic nitrogens is 3. The summed E-state index contributed by atoms with van der Waals surface area (Å²) in [5, 5.41) is 5.01. The van der Waals surface area contributed by atoms with Crippen molar-refractivity contribution in [3.8, 4) is 0 Å². The van der Waals surface area contributed by atoms with Gasteiger partial charge in [-0.1, -0.05) is 5.16 Å².